The number of hydrogen-bond donors (Lipinski definition) is 1. The molecule has 3 aromatic rings. The third-order valence-corrected chi connectivity index (χ3v) is 3.90. The van der Waals surface area contributed by atoms with Crippen LogP contribution < -0.4 is 5.73 Å². The van der Waals surface area contributed by atoms with E-state index in [0.29, 0.717) is 6.42 Å². The van der Waals surface area contributed by atoms with E-state index in [2.05, 4.69) is 4.98 Å². The SMILES string of the molecule is NC(=O)C(Cc1ccccc1)c1ccc(-c2ccccn2)cc1. The Morgan fingerprint density at radius 1 is 0.913 bits per heavy atom. The lowest BCUT2D eigenvalue weighted by molar-refractivity contribution is -0.119. The zero-order valence-electron chi connectivity index (χ0n) is 12.7. The Kier molecular flexibility index (Phi) is 4.48. The van der Waals surface area contributed by atoms with E-state index < -0.39 is 0 Å². The Labute approximate surface area is 135 Å². The first-order valence-electron chi connectivity index (χ1n) is 7.58. The number of benzene rings is 2. The van der Waals surface area contributed by atoms with Gasteiger partial charge in [0.15, 0.2) is 0 Å². The number of nitrogens with two attached hydrogens (primary N) is 1. The Hall–Kier alpha value is -2.94. The smallest absolute Gasteiger partial charge is 0.225 e. The molecular weight excluding hydrogens is 284 g/mol. The number of pyridine rings is 1. The Morgan fingerprint density at radius 3 is 2.22 bits per heavy atom. The lowest BCUT2D eigenvalue weighted by Gasteiger charge is -2.14. The second kappa shape index (κ2) is 6.88. The molecule has 1 unspecified atom stereocenters. The van der Waals surface area contributed by atoms with Crippen molar-refractivity contribution in [3.63, 3.8) is 0 Å². The number of hydrogen-bond acceptors (Lipinski definition) is 2. The zero-order valence-corrected chi connectivity index (χ0v) is 12.7. The Bertz CT molecular complexity index is 768. The minimum atomic E-state index is -0.324. The lowest BCUT2D eigenvalue weighted by Crippen LogP contribution is -2.23. The van der Waals surface area contributed by atoms with Gasteiger partial charge in [-0.1, -0.05) is 60.7 Å². The molecular formula is C20H18N2O. The summed E-state index contributed by atoms with van der Waals surface area (Å²) in [5, 5.41) is 0. The highest BCUT2D eigenvalue weighted by molar-refractivity contribution is 5.82. The van der Waals surface area contributed by atoms with Gasteiger partial charge in [0.05, 0.1) is 11.6 Å². The number of amides is 1. The molecule has 1 heterocycles. The van der Waals surface area contributed by atoms with Crippen molar-refractivity contribution in [1.82, 2.24) is 4.98 Å². The van der Waals surface area contributed by atoms with Crippen molar-refractivity contribution < 1.29 is 4.79 Å². The lowest BCUT2D eigenvalue weighted by atomic mass is 9.90. The summed E-state index contributed by atoms with van der Waals surface area (Å²) in [4.78, 5) is 16.2. The Morgan fingerprint density at radius 2 is 1.61 bits per heavy atom. The molecule has 0 aliphatic rings. The molecule has 0 fully saturated rings. The maximum atomic E-state index is 11.9. The van der Waals surface area contributed by atoms with Crippen LogP contribution in [0.2, 0.25) is 0 Å². The van der Waals surface area contributed by atoms with Crippen molar-refractivity contribution in [3.05, 3.63) is 90.1 Å². The molecule has 3 heteroatoms. The fourth-order valence-corrected chi connectivity index (χ4v) is 2.65. The summed E-state index contributed by atoms with van der Waals surface area (Å²) < 4.78 is 0. The summed E-state index contributed by atoms with van der Waals surface area (Å²) in [6, 6.07) is 23.6. The van der Waals surface area contributed by atoms with Crippen LogP contribution in [0.15, 0.2) is 79.0 Å². The highest BCUT2D eigenvalue weighted by Crippen LogP contribution is 2.24. The van der Waals surface area contributed by atoms with Gasteiger partial charge in [-0.2, -0.15) is 0 Å². The third-order valence-electron chi connectivity index (χ3n) is 3.90. The van der Waals surface area contributed by atoms with Gasteiger partial charge < -0.3 is 5.73 Å². The molecule has 2 N–H and O–H groups in total. The summed E-state index contributed by atoms with van der Waals surface area (Å²) in [6.07, 6.45) is 2.38. The minimum absolute atomic E-state index is 0.306. The van der Waals surface area contributed by atoms with Crippen molar-refractivity contribution in [2.75, 3.05) is 0 Å². The van der Waals surface area contributed by atoms with Crippen LogP contribution in [0.5, 0.6) is 0 Å². The number of carbonyl (C=O) groups excluding carboxylic acids is 1. The van der Waals surface area contributed by atoms with Gasteiger partial charge in [0, 0.05) is 11.8 Å². The van der Waals surface area contributed by atoms with Crippen LogP contribution in [0.4, 0.5) is 0 Å². The van der Waals surface area contributed by atoms with Gasteiger partial charge in [0.2, 0.25) is 5.91 Å². The first-order valence-corrected chi connectivity index (χ1v) is 7.58. The molecule has 2 aromatic carbocycles. The van der Waals surface area contributed by atoms with Crippen LogP contribution in [-0.2, 0) is 11.2 Å². The van der Waals surface area contributed by atoms with Crippen LogP contribution in [0.1, 0.15) is 17.0 Å². The predicted octanol–water partition coefficient (Wildman–Crippen LogP) is 3.56. The summed E-state index contributed by atoms with van der Waals surface area (Å²) in [6.45, 7) is 0. The fourth-order valence-electron chi connectivity index (χ4n) is 2.65. The second-order valence-corrected chi connectivity index (χ2v) is 5.48. The molecule has 1 atom stereocenters. The van der Waals surface area contributed by atoms with Gasteiger partial charge in [-0.25, -0.2) is 0 Å². The van der Waals surface area contributed by atoms with Gasteiger partial charge in [-0.3, -0.25) is 9.78 Å². The van der Waals surface area contributed by atoms with Crippen LogP contribution in [0.25, 0.3) is 11.3 Å². The molecule has 3 nitrogen and oxygen atoms in total. The van der Waals surface area contributed by atoms with Gasteiger partial charge in [-0.15, -0.1) is 0 Å². The average molecular weight is 302 g/mol. The molecule has 0 aliphatic carbocycles. The topological polar surface area (TPSA) is 56.0 Å². The third kappa shape index (κ3) is 3.64. The molecule has 114 valence electrons. The molecule has 23 heavy (non-hydrogen) atoms. The van der Waals surface area contributed by atoms with Crippen LogP contribution >= 0.6 is 0 Å². The first kappa shape index (κ1) is 15.0. The number of rotatable bonds is 5. The van der Waals surface area contributed by atoms with E-state index in [1.165, 1.54) is 0 Å². The number of primary amides is 1. The van der Waals surface area contributed by atoms with Crippen molar-refractivity contribution in [1.29, 1.82) is 0 Å². The van der Waals surface area contributed by atoms with Crippen LogP contribution in [0.3, 0.4) is 0 Å². The standard InChI is InChI=1S/C20H18N2O/c21-20(23)18(14-15-6-2-1-3-7-15)16-9-11-17(12-10-16)19-8-4-5-13-22-19/h1-13,18H,14H2,(H2,21,23). The monoisotopic (exact) mass is 302 g/mol. The summed E-state index contributed by atoms with van der Waals surface area (Å²) in [5.74, 6) is -0.630. The maximum Gasteiger partial charge on any atom is 0.225 e. The van der Waals surface area contributed by atoms with E-state index in [1.54, 1.807) is 6.20 Å². The Balaban J connectivity index is 1.85. The van der Waals surface area contributed by atoms with Crippen molar-refractivity contribution in [3.8, 4) is 11.3 Å². The number of nitrogens with zero attached hydrogens (tertiary/aromatic N) is 1. The first-order chi connectivity index (χ1) is 11.2. The molecule has 3 rings (SSSR count). The van der Waals surface area contributed by atoms with Gasteiger partial charge in [0.25, 0.3) is 0 Å². The molecule has 0 bridgehead atoms. The van der Waals surface area contributed by atoms with Crippen molar-refractivity contribution in [2.24, 2.45) is 5.73 Å². The van der Waals surface area contributed by atoms with Crippen LogP contribution in [0, 0.1) is 0 Å². The quantitative estimate of drug-likeness (QED) is 0.783. The van der Waals surface area contributed by atoms with E-state index in [9.17, 15) is 4.79 Å². The van der Waals surface area contributed by atoms with Crippen molar-refractivity contribution >= 4 is 5.91 Å². The largest absolute Gasteiger partial charge is 0.369 e. The zero-order chi connectivity index (χ0) is 16.1. The van der Waals surface area contributed by atoms with E-state index in [4.69, 9.17) is 5.73 Å². The van der Waals surface area contributed by atoms with Gasteiger partial charge >= 0.3 is 0 Å². The van der Waals surface area contributed by atoms with Crippen molar-refractivity contribution in [2.45, 2.75) is 12.3 Å². The van der Waals surface area contributed by atoms with Gasteiger partial charge in [0.1, 0.15) is 0 Å². The minimum Gasteiger partial charge on any atom is -0.369 e. The summed E-state index contributed by atoms with van der Waals surface area (Å²) in [5.41, 5.74) is 9.59. The predicted molar refractivity (Wildman–Crippen MR) is 91.8 cm³/mol. The van der Waals surface area contributed by atoms with E-state index in [0.717, 1.165) is 22.4 Å². The molecule has 0 saturated heterocycles. The molecule has 1 amide bonds. The molecule has 1 aromatic heterocycles. The van der Waals surface area contributed by atoms with E-state index >= 15 is 0 Å². The number of aromatic nitrogens is 1. The molecule has 0 spiro atoms. The summed E-state index contributed by atoms with van der Waals surface area (Å²) >= 11 is 0. The van der Waals surface area contributed by atoms with Gasteiger partial charge in [-0.05, 0) is 29.7 Å². The average Bonchev–Trinajstić information content (AvgIpc) is 2.61. The molecule has 0 aliphatic heterocycles. The van der Waals surface area contributed by atoms with Crippen LogP contribution in [-0.4, -0.2) is 10.9 Å². The van der Waals surface area contributed by atoms with E-state index in [-0.39, 0.29) is 11.8 Å². The molecule has 0 radical (unpaired) electrons. The summed E-state index contributed by atoms with van der Waals surface area (Å²) in [7, 11) is 0. The number of carbonyl (C=O) groups is 1. The normalized spacial score (nSPS) is 11.8. The second-order valence-electron chi connectivity index (χ2n) is 5.48. The fraction of sp³-hybridized carbons (Fsp3) is 0.100. The maximum absolute atomic E-state index is 11.9. The highest BCUT2D eigenvalue weighted by atomic mass is 16.1. The molecule has 0 saturated carbocycles. The van der Waals surface area contributed by atoms with E-state index in [1.807, 2.05) is 72.8 Å². The highest BCUT2D eigenvalue weighted by Gasteiger charge is 2.18.